The molecule has 1 aromatic rings. The third-order valence-corrected chi connectivity index (χ3v) is 8.97. The number of carboxylic acids is 1. The number of hydrogen-bond acceptors (Lipinski definition) is 5. The van der Waals surface area contributed by atoms with Crippen molar-refractivity contribution >= 4 is 27.6 Å². The van der Waals surface area contributed by atoms with Gasteiger partial charge >= 0.3 is 5.97 Å². The average molecular weight is 462 g/mol. The van der Waals surface area contributed by atoms with E-state index in [2.05, 4.69) is 10.2 Å². The van der Waals surface area contributed by atoms with Crippen LogP contribution >= 0.6 is 0 Å². The summed E-state index contributed by atoms with van der Waals surface area (Å²) in [6, 6.07) is 6.70. The number of hydrogen-bond donors (Lipinski definition) is 2. The number of allylic oxidation sites excluding steroid dienone is 1. The molecule has 32 heavy (non-hydrogen) atoms. The highest BCUT2D eigenvalue weighted by molar-refractivity contribution is 7.89. The first-order valence-corrected chi connectivity index (χ1v) is 12.7. The summed E-state index contributed by atoms with van der Waals surface area (Å²) in [7, 11) is -3.66. The van der Waals surface area contributed by atoms with Crippen LogP contribution < -0.4 is 5.32 Å². The Morgan fingerprint density at radius 1 is 1.16 bits per heavy atom. The summed E-state index contributed by atoms with van der Waals surface area (Å²) in [5, 5.41) is 11.6. The van der Waals surface area contributed by atoms with E-state index in [1.54, 1.807) is 34.6 Å². The van der Waals surface area contributed by atoms with Crippen molar-refractivity contribution in [3.63, 3.8) is 0 Å². The molecule has 3 aliphatic rings. The number of benzene rings is 1. The van der Waals surface area contributed by atoms with E-state index < -0.39 is 16.0 Å². The highest BCUT2D eigenvalue weighted by Gasteiger charge is 2.49. The molecule has 2 N–H and O–H groups in total. The Kier molecular flexibility index (Phi) is 6.69. The largest absolute Gasteiger partial charge is 0.478 e. The Morgan fingerprint density at radius 2 is 1.91 bits per heavy atom. The van der Waals surface area contributed by atoms with Crippen LogP contribution in [0.15, 0.2) is 41.3 Å². The molecule has 4 atom stereocenters. The number of aliphatic carboxylic acids is 1. The van der Waals surface area contributed by atoms with Gasteiger partial charge in [-0.15, -0.1) is 0 Å². The average Bonchev–Trinajstić information content (AvgIpc) is 2.75. The second-order valence-corrected chi connectivity index (χ2v) is 11.1. The van der Waals surface area contributed by atoms with Crippen molar-refractivity contribution in [2.75, 3.05) is 31.5 Å². The fraction of sp³-hybridized carbons (Fsp3) is 0.565. The highest BCUT2D eigenvalue weighted by Crippen LogP contribution is 2.44. The van der Waals surface area contributed by atoms with Crippen molar-refractivity contribution in [3.8, 4) is 0 Å². The molecule has 3 saturated heterocycles. The van der Waals surface area contributed by atoms with Crippen LogP contribution in [0.2, 0.25) is 0 Å². The molecule has 3 fully saturated rings. The second kappa shape index (κ2) is 9.33. The lowest BCUT2D eigenvalue weighted by Crippen LogP contribution is -2.63. The van der Waals surface area contributed by atoms with Crippen LogP contribution in [0, 0.1) is 17.8 Å². The van der Waals surface area contributed by atoms with Crippen LogP contribution in [0.4, 0.5) is 5.69 Å². The monoisotopic (exact) mass is 461 g/mol. The summed E-state index contributed by atoms with van der Waals surface area (Å²) in [5.41, 5.74) is 0.565. The van der Waals surface area contributed by atoms with Gasteiger partial charge in [-0.05, 0) is 80.8 Å². The normalized spacial score (nSPS) is 28.9. The van der Waals surface area contributed by atoms with Gasteiger partial charge in [0.05, 0.1) is 4.90 Å². The third kappa shape index (κ3) is 4.74. The molecule has 1 amide bonds. The quantitative estimate of drug-likeness (QED) is 0.630. The zero-order valence-corrected chi connectivity index (χ0v) is 19.1. The van der Waals surface area contributed by atoms with Gasteiger partial charge in [0.1, 0.15) is 0 Å². The number of nitrogens with zero attached hydrogens (tertiary/aromatic N) is 2. The first-order valence-electron chi connectivity index (χ1n) is 11.3. The predicted molar refractivity (Wildman–Crippen MR) is 121 cm³/mol. The Bertz CT molecular complexity index is 991. The van der Waals surface area contributed by atoms with E-state index in [0.717, 1.165) is 32.4 Å². The maximum atomic E-state index is 13.5. The Morgan fingerprint density at radius 3 is 2.59 bits per heavy atom. The second-order valence-electron chi connectivity index (χ2n) is 9.15. The van der Waals surface area contributed by atoms with Crippen LogP contribution in [0.25, 0.3) is 0 Å². The van der Waals surface area contributed by atoms with Crippen LogP contribution in [0.5, 0.6) is 0 Å². The minimum atomic E-state index is -3.66. The number of carbonyl (C=O) groups excluding carboxylic acids is 1. The smallest absolute Gasteiger partial charge is 0.327 e. The molecule has 1 aromatic carbocycles. The van der Waals surface area contributed by atoms with Gasteiger partial charge in [-0.2, -0.15) is 4.31 Å². The molecule has 0 spiro atoms. The van der Waals surface area contributed by atoms with Gasteiger partial charge < -0.3 is 10.4 Å². The summed E-state index contributed by atoms with van der Waals surface area (Å²) in [4.78, 5) is 24.9. The van der Waals surface area contributed by atoms with Crippen molar-refractivity contribution in [2.24, 2.45) is 17.8 Å². The van der Waals surface area contributed by atoms with Gasteiger partial charge in [0.25, 0.3) is 0 Å². The number of carbonyl (C=O) groups is 2. The molecule has 4 unspecified atom stereocenters. The molecule has 0 saturated carbocycles. The van der Waals surface area contributed by atoms with Crippen molar-refractivity contribution in [1.29, 1.82) is 0 Å². The number of amides is 1. The zero-order valence-electron chi connectivity index (χ0n) is 18.3. The SMILES string of the molecule is CC(=O)Nc1ccc(S(=O)(=O)N2CC3CCCN4CCC(C/C=C/C(=O)O)C(C2)C34)cc1. The lowest BCUT2D eigenvalue weighted by molar-refractivity contribution is -0.131. The number of nitrogens with one attached hydrogen (secondary N) is 1. The summed E-state index contributed by atoms with van der Waals surface area (Å²) in [5.74, 6) is -0.400. The standard InChI is InChI=1S/C23H31N3O5S/c1-16(27)24-19-7-9-20(10-8-19)32(30,31)26-14-18-5-3-12-25-13-11-17(4-2-6-22(28)29)21(15-26)23(18)25/h2,6-10,17-18,21,23H,3-5,11-15H2,1H3,(H,24,27)(H,28,29)/b6-2+. The minimum absolute atomic E-state index is 0.190. The fourth-order valence-corrected chi connectivity index (χ4v) is 7.34. The van der Waals surface area contributed by atoms with Crippen LogP contribution in [0.3, 0.4) is 0 Å². The molecule has 4 rings (SSSR count). The Hall–Kier alpha value is -2.23. The number of anilines is 1. The lowest BCUT2D eigenvalue weighted by atomic mass is 9.68. The molecule has 9 heteroatoms. The van der Waals surface area contributed by atoms with Gasteiger partial charge in [-0.3, -0.25) is 9.69 Å². The number of piperidine rings is 3. The highest BCUT2D eigenvalue weighted by atomic mass is 32.2. The summed E-state index contributed by atoms with van der Waals surface area (Å²) in [6.45, 7) is 4.45. The van der Waals surface area contributed by atoms with E-state index in [1.165, 1.54) is 13.0 Å². The van der Waals surface area contributed by atoms with Gasteiger partial charge in [-0.25, -0.2) is 13.2 Å². The molecule has 0 bridgehead atoms. The molecule has 3 heterocycles. The number of sulfonamides is 1. The van der Waals surface area contributed by atoms with Crippen LogP contribution in [-0.2, 0) is 19.6 Å². The molecule has 8 nitrogen and oxygen atoms in total. The van der Waals surface area contributed by atoms with E-state index in [1.807, 2.05) is 0 Å². The molecule has 0 aromatic heterocycles. The van der Waals surface area contributed by atoms with Crippen molar-refractivity contribution in [3.05, 3.63) is 36.4 Å². The summed E-state index contributed by atoms with van der Waals surface area (Å²) in [6.07, 6.45) is 6.62. The maximum Gasteiger partial charge on any atom is 0.327 e. The fourth-order valence-electron chi connectivity index (χ4n) is 5.80. The van der Waals surface area contributed by atoms with Crippen LogP contribution in [-0.4, -0.2) is 66.8 Å². The van der Waals surface area contributed by atoms with Gasteiger partial charge in [0, 0.05) is 37.8 Å². The predicted octanol–water partition coefficient (Wildman–Crippen LogP) is 2.40. The molecule has 0 aliphatic carbocycles. The molecular weight excluding hydrogens is 430 g/mol. The van der Waals surface area contributed by atoms with Crippen molar-refractivity contribution in [2.45, 2.75) is 43.5 Å². The maximum absolute atomic E-state index is 13.5. The van der Waals surface area contributed by atoms with E-state index in [4.69, 9.17) is 5.11 Å². The third-order valence-electron chi connectivity index (χ3n) is 7.12. The van der Waals surface area contributed by atoms with Gasteiger partial charge in [-0.1, -0.05) is 6.08 Å². The van der Waals surface area contributed by atoms with Crippen molar-refractivity contribution in [1.82, 2.24) is 9.21 Å². The molecule has 0 radical (unpaired) electrons. The number of rotatable bonds is 6. The molecule has 174 valence electrons. The zero-order chi connectivity index (χ0) is 22.9. The minimum Gasteiger partial charge on any atom is -0.478 e. The first-order chi connectivity index (χ1) is 15.3. The lowest BCUT2D eigenvalue weighted by Gasteiger charge is -2.56. The summed E-state index contributed by atoms with van der Waals surface area (Å²) < 4.78 is 28.6. The van der Waals surface area contributed by atoms with Crippen LogP contribution in [0.1, 0.15) is 32.6 Å². The van der Waals surface area contributed by atoms with E-state index >= 15 is 0 Å². The first kappa shape index (κ1) is 22.9. The Balaban J connectivity index is 1.57. The van der Waals surface area contributed by atoms with Gasteiger partial charge in [0.2, 0.25) is 15.9 Å². The topological polar surface area (TPSA) is 107 Å². The molecule has 3 aliphatic heterocycles. The summed E-state index contributed by atoms with van der Waals surface area (Å²) >= 11 is 0. The number of carboxylic acid groups (broad SMARTS) is 1. The Labute approximate surface area is 189 Å². The van der Waals surface area contributed by atoms with Gasteiger partial charge in [0.15, 0.2) is 0 Å². The van der Waals surface area contributed by atoms with E-state index in [0.29, 0.717) is 37.2 Å². The van der Waals surface area contributed by atoms with E-state index in [-0.39, 0.29) is 22.6 Å². The molecular formula is C23H31N3O5S. The van der Waals surface area contributed by atoms with Crippen molar-refractivity contribution < 1.29 is 23.1 Å². The van der Waals surface area contributed by atoms with E-state index in [9.17, 15) is 18.0 Å².